The first-order chi connectivity index (χ1) is 13.7. The summed E-state index contributed by atoms with van der Waals surface area (Å²) < 4.78 is 10.1. The summed E-state index contributed by atoms with van der Waals surface area (Å²) in [5.41, 5.74) is 1.51. The molecule has 3 heterocycles. The lowest BCUT2D eigenvalue weighted by molar-refractivity contribution is -0.136. The van der Waals surface area contributed by atoms with Gasteiger partial charge in [0, 0.05) is 58.2 Å². The molecule has 1 saturated heterocycles. The van der Waals surface area contributed by atoms with E-state index < -0.39 is 0 Å². The summed E-state index contributed by atoms with van der Waals surface area (Å²) in [6.45, 7) is 2.68. The fraction of sp³-hybridized carbons (Fsp3) is 0.526. The highest BCUT2D eigenvalue weighted by Gasteiger charge is 2.26. The Morgan fingerprint density at radius 3 is 2.93 bits per heavy atom. The van der Waals surface area contributed by atoms with Gasteiger partial charge in [-0.2, -0.15) is 0 Å². The Morgan fingerprint density at radius 1 is 1.29 bits per heavy atom. The van der Waals surface area contributed by atoms with E-state index in [9.17, 15) is 4.79 Å². The van der Waals surface area contributed by atoms with E-state index in [1.165, 1.54) is 7.11 Å². The Bertz CT molecular complexity index is 774. The first kappa shape index (κ1) is 20.1. The van der Waals surface area contributed by atoms with Crippen molar-refractivity contribution in [3.05, 3.63) is 30.4 Å². The van der Waals surface area contributed by atoms with Gasteiger partial charge in [-0.15, -0.1) is 0 Å². The number of ether oxygens (including phenoxy) is 2. The highest BCUT2D eigenvalue weighted by molar-refractivity contribution is 5.77. The van der Waals surface area contributed by atoms with Gasteiger partial charge in [0.05, 0.1) is 18.5 Å². The lowest BCUT2D eigenvalue weighted by Gasteiger charge is -2.32. The Labute approximate surface area is 164 Å². The minimum atomic E-state index is 0.00819. The van der Waals surface area contributed by atoms with Gasteiger partial charge in [0.25, 0.3) is 0 Å². The Morgan fingerprint density at radius 2 is 2.18 bits per heavy atom. The Hall–Kier alpha value is -2.65. The van der Waals surface area contributed by atoms with E-state index in [0.717, 1.165) is 25.1 Å². The number of aromatic nitrogens is 4. The number of rotatable bonds is 8. The second-order valence-electron chi connectivity index (χ2n) is 6.62. The molecule has 9 nitrogen and oxygen atoms in total. The maximum absolute atomic E-state index is 12.2. The van der Waals surface area contributed by atoms with Crippen molar-refractivity contribution in [2.45, 2.75) is 18.8 Å². The first-order valence-corrected chi connectivity index (χ1v) is 9.36. The molecule has 1 amide bonds. The topological polar surface area (TPSA) is 102 Å². The smallest absolute Gasteiger partial charge is 0.248 e. The van der Waals surface area contributed by atoms with Gasteiger partial charge in [0.2, 0.25) is 5.91 Å². The fourth-order valence-corrected chi connectivity index (χ4v) is 3.24. The van der Waals surface area contributed by atoms with E-state index in [1.54, 1.807) is 25.7 Å². The number of likely N-dealkylation sites (tertiary alicyclic amines) is 1. The quantitative estimate of drug-likeness (QED) is 0.678. The molecule has 3 rings (SSSR count). The maximum Gasteiger partial charge on any atom is 0.248 e. The molecule has 1 aliphatic rings. The van der Waals surface area contributed by atoms with Crippen molar-refractivity contribution < 1.29 is 14.3 Å². The standard InChI is InChI=1S/C19H26N6O3/c1-27-9-7-22-17-10-15(23-19(24-17)16-11-20-5-6-21-16)14-4-3-8-25(12-14)18(26)13-28-2/h5-6,10-11,14H,3-4,7-9,12-13H2,1-2H3,(H,22,23,24). The molecule has 1 N–H and O–H groups in total. The van der Waals surface area contributed by atoms with Gasteiger partial charge in [-0.05, 0) is 12.8 Å². The maximum atomic E-state index is 12.2. The average Bonchev–Trinajstić information content (AvgIpc) is 2.75. The summed E-state index contributed by atoms with van der Waals surface area (Å²) in [6.07, 6.45) is 6.77. The third-order valence-corrected chi connectivity index (χ3v) is 4.61. The van der Waals surface area contributed by atoms with Gasteiger partial charge in [0.1, 0.15) is 18.1 Å². The molecular weight excluding hydrogens is 360 g/mol. The minimum absolute atomic E-state index is 0.00819. The van der Waals surface area contributed by atoms with Crippen LogP contribution in [0.1, 0.15) is 24.5 Å². The van der Waals surface area contributed by atoms with Crippen molar-refractivity contribution in [3.8, 4) is 11.5 Å². The first-order valence-electron chi connectivity index (χ1n) is 9.36. The van der Waals surface area contributed by atoms with Crippen LogP contribution in [0.15, 0.2) is 24.7 Å². The predicted octanol–water partition coefficient (Wildman–Crippen LogP) is 1.34. The van der Waals surface area contributed by atoms with Gasteiger partial charge in [-0.1, -0.05) is 0 Å². The van der Waals surface area contributed by atoms with E-state index in [4.69, 9.17) is 14.5 Å². The van der Waals surface area contributed by atoms with Crippen LogP contribution in [0, 0.1) is 0 Å². The molecule has 0 spiro atoms. The number of carbonyl (C=O) groups is 1. The minimum Gasteiger partial charge on any atom is -0.383 e. The molecule has 0 radical (unpaired) electrons. The molecule has 28 heavy (non-hydrogen) atoms. The number of nitrogens with one attached hydrogen (secondary N) is 1. The number of nitrogens with zero attached hydrogens (tertiary/aromatic N) is 5. The second-order valence-corrected chi connectivity index (χ2v) is 6.62. The van der Waals surface area contributed by atoms with Crippen molar-refractivity contribution in [2.75, 3.05) is 52.4 Å². The molecule has 150 valence electrons. The summed E-state index contributed by atoms with van der Waals surface area (Å²) in [5.74, 6) is 1.37. The van der Waals surface area contributed by atoms with Crippen LogP contribution in [0.25, 0.3) is 11.5 Å². The number of hydrogen-bond acceptors (Lipinski definition) is 8. The van der Waals surface area contributed by atoms with Crippen molar-refractivity contribution in [2.24, 2.45) is 0 Å². The van der Waals surface area contributed by atoms with Gasteiger partial charge in [-0.25, -0.2) is 15.0 Å². The highest BCUT2D eigenvalue weighted by Crippen LogP contribution is 2.28. The van der Waals surface area contributed by atoms with Crippen LogP contribution in [-0.2, 0) is 14.3 Å². The molecule has 0 saturated carbocycles. The van der Waals surface area contributed by atoms with Crippen LogP contribution < -0.4 is 5.32 Å². The third kappa shape index (κ3) is 5.20. The van der Waals surface area contributed by atoms with E-state index in [2.05, 4.69) is 20.3 Å². The zero-order valence-electron chi connectivity index (χ0n) is 16.3. The van der Waals surface area contributed by atoms with Gasteiger partial charge < -0.3 is 19.7 Å². The number of hydrogen-bond donors (Lipinski definition) is 1. The van der Waals surface area contributed by atoms with Crippen molar-refractivity contribution in [1.82, 2.24) is 24.8 Å². The SMILES string of the molecule is COCCNc1cc(C2CCCN(C(=O)COC)C2)nc(-c2cnccn2)n1. The number of amides is 1. The summed E-state index contributed by atoms with van der Waals surface area (Å²) in [6, 6.07) is 1.95. The molecule has 1 aliphatic heterocycles. The molecule has 2 aromatic rings. The lowest BCUT2D eigenvalue weighted by Crippen LogP contribution is -2.41. The zero-order chi connectivity index (χ0) is 19.8. The molecule has 1 unspecified atom stereocenters. The van der Waals surface area contributed by atoms with Gasteiger partial charge >= 0.3 is 0 Å². The van der Waals surface area contributed by atoms with Crippen molar-refractivity contribution in [3.63, 3.8) is 0 Å². The van der Waals surface area contributed by atoms with E-state index >= 15 is 0 Å². The van der Waals surface area contributed by atoms with Crippen molar-refractivity contribution >= 4 is 11.7 Å². The Kier molecular flexibility index (Phi) is 7.21. The van der Waals surface area contributed by atoms with Crippen molar-refractivity contribution in [1.29, 1.82) is 0 Å². The summed E-state index contributed by atoms with van der Waals surface area (Å²) in [5, 5.41) is 3.26. The molecule has 1 fully saturated rings. The zero-order valence-corrected chi connectivity index (χ0v) is 16.3. The van der Waals surface area contributed by atoms with Gasteiger partial charge in [0.15, 0.2) is 5.82 Å². The van der Waals surface area contributed by atoms with Crippen LogP contribution in [0.3, 0.4) is 0 Å². The predicted molar refractivity (Wildman–Crippen MR) is 104 cm³/mol. The van der Waals surface area contributed by atoms with Crippen LogP contribution in [0.2, 0.25) is 0 Å². The molecule has 0 bridgehead atoms. The van der Waals surface area contributed by atoms with Crippen LogP contribution in [0.5, 0.6) is 0 Å². The Balaban J connectivity index is 1.86. The van der Waals surface area contributed by atoms with E-state index in [-0.39, 0.29) is 18.4 Å². The average molecular weight is 386 g/mol. The van der Waals surface area contributed by atoms with E-state index in [0.29, 0.717) is 37.0 Å². The number of anilines is 1. The van der Waals surface area contributed by atoms with Crippen LogP contribution in [0.4, 0.5) is 5.82 Å². The summed E-state index contributed by atoms with van der Waals surface area (Å²) in [7, 11) is 3.20. The lowest BCUT2D eigenvalue weighted by atomic mass is 9.94. The number of methoxy groups -OCH3 is 2. The summed E-state index contributed by atoms with van der Waals surface area (Å²) >= 11 is 0. The third-order valence-electron chi connectivity index (χ3n) is 4.61. The molecule has 0 aromatic carbocycles. The van der Waals surface area contributed by atoms with Gasteiger partial charge in [-0.3, -0.25) is 9.78 Å². The monoisotopic (exact) mass is 386 g/mol. The number of piperidine rings is 1. The highest BCUT2D eigenvalue weighted by atomic mass is 16.5. The molecular formula is C19H26N6O3. The van der Waals surface area contributed by atoms with Crippen LogP contribution in [-0.4, -0.2) is 77.8 Å². The largest absolute Gasteiger partial charge is 0.383 e. The normalized spacial score (nSPS) is 16.8. The molecule has 9 heteroatoms. The molecule has 0 aliphatic carbocycles. The van der Waals surface area contributed by atoms with E-state index in [1.807, 2.05) is 11.0 Å². The van der Waals surface area contributed by atoms with Crippen LogP contribution >= 0.6 is 0 Å². The molecule has 1 atom stereocenters. The number of carbonyl (C=O) groups excluding carboxylic acids is 1. The fourth-order valence-electron chi connectivity index (χ4n) is 3.24. The second kappa shape index (κ2) is 10.0. The molecule has 2 aromatic heterocycles. The summed E-state index contributed by atoms with van der Waals surface area (Å²) in [4.78, 5) is 31.8.